The maximum absolute atomic E-state index is 10.3. The van der Waals surface area contributed by atoms with Gasteiger partial charge in [0.1, 0.15) is 0 Å². The third kappa shape index (κ3) is 3.91. The molecule has 2 aromatic rings. The van der Waals surface area contributed by atoms with E-state index in [4.69, 9.17) is 0 Å². The Labute approximate surface area is 104 Å². The van der Waals surface area contributed by atoms with Crippen LogP contribution in [0.2, 0.25) is 0 Å². The first-order valence-corrected chi connectivity index (χ1v) is 7.15. The van der Waals surface area contributed by atoms with Crippen molar-refractivity contribution in [1.82, 2.24) is 0 Å². The molecule has 0 aliphatic heterocycles. The molecular weight excluding hydrogens is 236 g/mol. The van der Waals surface area contributed by atoms with Crippen LogP contribution in [0.1, 0.15) is 27.4 Å². The molecule has 0 bridgehead atoms. The molecule has 1 saturated carbocycles. The average molecular weight is 250 g/mol. The van der Waals surface area contributed by atoms with Gasteiger partial charge >= 0.3 is 0 Å². The van der Waals surface area contributed by atoms with Crippen molar-refractivity contribution in [3.05, 3.63) is 44.8 Å². The number of carbonyl (C=O) groups excluding carboxylic acids is 1. The predicted octanol–water partition coefficient (Wildman–Crippen LogP) is 4.26. The maximum Gasteiger partial charge on any atom is 0.160 e. The third-order valence-electron chi connectivity index (χ3n) is 2.41. The van der Waals surface area contributed by atoms with E-state index in [-0.39, 0.29) is 0 Å². The third-order valence-corrected chi connectivity index (χ3v) is 4.07. The largest absolute Gasteiger partial charge is 0.297 e. The number of hydrogen-bond acceptors (Lipinski definition) is 3. The fraction of sp³-hybridized carbons (Fsp3) is 0.308. The zero-order valence-corrected chi connectivity index (χ0v) is 10.6. The van der Waals surface area contributed by atoms with Gasteiger partial charge < -0.3 is 0 Å². The van der Waals surface area contributed by atoms with Gasteiger partial charge in [-0.3, -0.25) is 4.79 Å². The normalized spacial score (nSPS) is 14.0. The van der Waals surface area contributed by atoms with E-state index in [1.54, 1.807) is 22.7 Å². The van der Waals surface area contributed by atoms with Crippen molar-refractivity contribution >= 4 is 29.0 Å². The Bertz CT molecular complexity index is 396. The van der Waals surface area contributed by atoms with Crippen LogP contribution in [0.4, 0.5) is 0 Å². The number of aldehydes is 1. The van der Waals surface area contributed by atoms with Crippen LogP contribution in [0.3, 0.4) is 0 Å². The van der Waals surface area contributed by atoms with Crippen LogP contribution < -0.4 is 0 Å². The minimum atomic E-state index is 0.862. The van der Waals surface area contributed by atoms with Gasteiger partial charge in [0.05, 0.1) is 4.88 Å². The van der Waals surface area contributed by atoms with Crippen molar-refractivity contribution in [2.24, 2.45) is 5.92 Å². The summed E-state index contributed by atoms with van der Waals surface area (Å²) < 4.78 is 0. The fourth-order valence-electron chi connectivity index (χ4n) is 1.40. The average Bonchev–Trinajstić information content (AvgIpc) is 2.82. The molecule has 3 heteroatoms. The summed E-state index contributed by atoms with van der Waals surface area (Å²) in [7, 11) is 0. The van der Waals surface area contributed by atoms with Crippen molar-refractivity contribution in [3.63, 3.8) is 0 Å². The molecule has 0 aromatic carbocycles. The van der Waals surface area contributed by atoms with Crippen LogP contribution in [0.25, 0.3) is 0 Å². The first-order chi connectivity index (χ1) is 7.88. The summed E-state index contributed by atoms with van der Waals surface area (Å²) in [5, 5.41) is 4.08. The summed E-state index contributed by atoms with van der Waals surface area (Å²) >= 11 is 3.35. The topological polar surface area (TPSA) is 17.1 Å². The van der Waals surface area contributed by atoms with Crippen molar-refractivity contribution < 1.29 is 4.79 Å². The van der Waals surface area contributed by atoms with Crippen LogP contribution >= 0.6 is 22.7 Å². The predicted molar refractivity (Wildman–Crippen MR) is 70.5 cm³/mol. The minimum absolute atomic E-state index is 0.862. The van der Waals surface area contributed by atoms with Crippen molar-refractivity contribution in [1.29, 1.82) is 0 Å². The van der Waals surface area contributed by atoms with E-state index in [0.29, 0.717) is 0 Å². The van der Waals surface area contributed by atoms with Crippen LogP contribution in [0.15, 0.2) is 35.0 Å². The Hall–Kier alpha value is -0.930. The molecule has 1 fully saturated rings. The monoisotopic (exact) mass is 250 g/mol. The number of hydrogen-bond donors (Lipinski definition) is 0. The summed E-state index contributed by atoms with van der Waals surface area (Å²) in [5.74, 6) is 0.924. The highest BCUT2D eigenvalue weighted by molar-refractivity contribution is 7.13. The summed E-state index contributed by atoms with van der Waals surface area (Å²) in [6.07, 6.45) is 4.89. The smallest absolute Gasteiger partial charge is 0.160 e. The van der Waals surface area contributed by atoms with E-state index < -0.39 is 0 Å². The molecular formula is C13H14OS2. The SMILES string of the molecule is O=Cc1ccc(CC2CC2)s1.c1ccsc1. The molecule has 1 nitrogen and oxygen atoms in total. The quantitative estimate of drug-likeness (QED) is 0.744. The second kappa shape index (κ2) is 5.97. The van der Waals surface area contributed by atoms with E-state index in [1.807, 2.05) is 29.0 Å². The zero-order chi connectivity index (χ0) is 11.2. The lowest BCUT2D eigenvalue weighted by Crippen LogP contribution is -1.79. The molecule has 0 atom stereocenters. The summed E-state index contributed by atoms with van der Waals surface area (Å²) in [4.78, 5) is 12.6. The molecule has 84 valence electrons. The Kier molecular flexibility index (Phi) is 4.31. The summed E-state index contributed by atoms with van der Waals surface area (Å²) in [6.45, 7) is 0. The molecule has 3 rings (SSSR count). The molecule has 0 spiro atoms. The molecule has 16 heavy (non-hydrogen) atoms. The van der Waals surface area contributed by atoms with E-state index in [1.165, 1.54) is 24.1 Å². The fourth-order valence-corrected chi connectivity index (χ4v) is 2.80. The van der Waals surface area contributed by atoms with Crippen molar-refractivity contribution in [2.75, 3.05) is 0 Å². The van der Waals surface area contributed by atoms with Gasteiger partial charge in [0.2, 0.25) is 0 Å². The van der Waals surface area contributed by atoms with Gasteiger partial charge in [-0.15, -0.1) is 11.3 Å². The van der Waals surface area contributed by atoms with Crippen molar-refractivity contribution in [2.45, 2.75) is 19.3 Å². The highest BCUT2D eigenvalue weighted by atomic mass is 32.1. The van der Waals surface area contributed by atoms with E-state index in [9.17, 15) is 4.79 Å². The Morgan fingerprint density at radius 3 is 2.44 bits per heavy atom. The molecule has 0 saturated heterocycles. The lowest BCUT2D eigenvalue weighted by molar-refractivity contribution is 0.112. The Morgan fingerprint density at radius 1 is 1.25 bits per heavy atom. The Balaban J connectivity index is 0.000000162. The van der Waals surface area contributed by atoms with Crippen LogP contribution in [0, 0.1) is 5.92 Å². The highest BCUT2D eigenvalue weighted by Gasteiger charge is 2.21. The molecule has 2 heterocycles. The van der Waals surface area contributed by atoms with Gasteiger partial charge in [-0.2, -0.15) is 11.3 Å². The Morgan fingerprint density at radius 2 is 2.00 bits per heavy atom. The first kappa shape index (κ1) is 11.6. The van der Waals surface area contributed by atoms with Gasteiger partial charge in [-0.25, -0.2) is 0 Å². The van der Waals surface area contributed by atoms with Gasteiger partial charge in [0.25, 0.3) is 0 Å². The zero-order valence-electron chi connectivity index (χ0n) is 8.96. The minimum Gasteiger partial charge on any atom is -0.297 e. The lowest BCUT2D eigenvalue weighted by atomic mass is 10.2. The second-order valence-corrected chi connectivity index (χ2v) is 5.88. The van der Waals surface area contributed by atoms with Gasteiger partial charge in [-0.05, 0) is 48.1 Å². The highest BCUT2D eigenvalue weighted by Crippen LogP contribution is 2.34. The summed E-state index contributed by atoms with van der Waals surface area (Å²) in [6, 6.07) is 8.03. The van der Waals surface area contributed by atoms with E-state index >= 15 is 0 Å². The number of rotatable bonds is 3. The van der Waals surface area contributed by atoms with E-state index in [0.717, 1.165) is 17.1 Å². The first-order valence-electron chi connectivity index (χ1n) is 5.39. The van der Waals surface area contributed by atoms with Crippen molar-refractivity contribution in [3.8, 4) is 0 Å². The van der Waals surface area contributed by atoms with Gasteiger partial charge in [0, 0.05) is 4.88 Å². The molecule has 2 aromatic heterocycles. The standard InChI is InChI=1S/C9H10OS.C4H4S/c10-6-9-4-3-8(11-9)5-7-1-2-7;1-2-4-5-3-1/h3-4,6-7H,1-2,5H2;1-4H. The summed E-state index contributed by atoms with van der Waals surface area (Å²) in [5.41, 5.74) is 0. The molecule has 0 N–H and O–H groups in total. The van der Waals surface area contributed by atoms with Gasteiger partial charge in [-0.1, -0.05) is 12.1 Å². The number of carbonyl (C=O) groups is 1. The van der Waals surface area contributed by atoms with Crippen LogP contribution in [0.5, 0.6) is 0 Å². The number of thiophene rings is 2. The molecule has 0 unspecified atom stereocenters. The molecule has 1 aliphatic carbocycles. The second-order valence-electron chi connectivity index (χ2n) is 3.86. The lowest BCUT2D eigenvalue weighted by Gasteiger charge is -1.89. The van der Waals surface area contributed by atoms with Crippen LogP contribution in [-0.4, -0.2) is 6.29 Å². The molecule has 1 aliphatic rings. The van der Waals surface area contributed by atoms with Gasteiger partial charge in [0.15, 0.2) is 6.29 Å². The molecule has 0 amide bonds. The maximum atomic E-state index is 10.3. The molecule has 0 radical (unpaired) electrons. The van der Waals surface area contributed by atoms with Crippen LogP contribution in [-0.2, 0) is 6.42 Å². The van der Waals surface area contributed by atoms with E-state index in [2.05, 4.69) is 6.07 Å².